The standard InChI is InChI=1S/C27H26N4O3/c28-14-15-31-22-17-21(18-5-2-1-3-6-18)24(30-25(22)34-23(11-16-32)26(31)33)19-7-9-20(10-8-19)27(29)12-4-13-27/h1-3,5-10,17,23,32H,4,11-13,15-16,29H2. The highest BCUT2D eigenvalue weighted by Gasteiger charge is 2.37. The molecule has 7 heteroatoms. The summed E-state index contributed by atoms with van der Waals surface area (Å²) in [6, 6.07) is 21.9. The highest BCUT2D eigenvalue weighted by molar-refractivity contribution is 6.01. The van der Waals surface area contributed by atoms with Gasteiger partial charge in [0.15, 0.2) is 6.10 Å². The number of amides is 1. The molecular formula is C27H26N4O3. The molecular weight excluding hydrogens is 428 g/mol. The Hall–Kier alpha value is -3.73. The lowest BCUT2D eigenvalue weighted by molar-refractivity contribution is -0.127. The van der Waals surface area contributed by atoms with Gasteiger partial charge in [0.1, 0.15) is 12.2 Å². The lowest BCUT2D eigenvalue weighted by atomic mass is 9.72. The van der Waals surface area contributed by atoms with E-state index in [4.69, 9.17) is 15.5 Å². The fourth-order valence-corrected chi connectivity index (χ4v) is 4.64. The molecule has 0 bridgehead atoms. The number of carbonyl (C=O) groups is 1. The van der Waals surface area contributed by atoms with E-state index in [2.05, 4.69) is 18.2 Å². The third kappa shape index (κ3) is 3.81. The van der Waals surface area contributed by atoms with Crippen LogP contribution in [0.1, 0.15) is 31.2 Å². The molecule has 7 nitrogen and oxygen atoms in total. The number of benzene rings is 2. The summed E-state index contributed by atoms with van der Waals surface area (Å²) in [6.07, 6.45) is 2.37. The molecule has 0 spiro atoms. The quantitative estimate of drug-likeness (QED) is 0.549. The van der Waals surface area contributed by atoms with Gasteiger partial charge in [0, 0.05) is 29.7 Å². The number of aliphatic hydroxyl groups is 1. The van der Waals surface area contributed by atoms with Crippen LogP contribution >= 0.6 is 0 Å². The summed E-state index contributed by atoms with van der Waals surface area (Å²) in [7, 11) is 0. The monoisotopic (exact) mass is 454 g/mol. The lowest BCUT2D eigenvalue weighted by Crippen LogP contribution is -2.46. The van der Waals surface area contributed by atoms with Crippen LogP contribution in [-0.4, -0.2) is 35.3 Å². The summed E-state index contributed by atoms with van der Waals surface area (Å²) in [6.45, 7) is -0.330. The van der Waals surface area contributed by atoms with Crippen molar-refractivity contribution >= 4 is 11.6 Å². The first-order valence-corrected chi connectivity index (χ1v) is 11.5. The van der Waals surface area contributed by atoms with Gasteiger partial charge in [-0.05, 0) is 36.5 Å². The van der Waals surface area contributed by atoms with Gasteiger partial charge in [0.05, 0.1) is 11.8 Å². The Morgan fingerprint density at radius 1 is 1.15 bits per heavy atom. The second kappa shape index (κ2) is 8.90. The number of aromatic nitrogens is 1. The zero-order valence-electron chi connectivity index (χ0n) is 18.8. The van der Waals surface area contributed by atoms with Crippen molar-refractivity contribution in [3.05, 3.63) is 66.2 Å². The molecule has 1 amide bonds. The molecule has 1 saturated carbocycles. The maximum Gasteiger partial charge on any atom is 0.269 e. The Balaban J connectivity index is 1.65. The van der Waals surface area contributed by atoms with E-state index < -0.39 is 6.10 Å². The number of carbonyl (C=O) groups excluding carboxylic acids is 1. The first kappa shape index (κ1) is 22.1. The number of nitrogens with two attached hydrogens (primary N) is 1. The maximum absolute atomic E-state index is 12.9. The van der Waals surface area contributed by atoms with E-state index in [0.717, 1.165) is 41.5 Å². The molecule has 3 N–H and O–H groups in total. The average molecular weight is 455 g/mol. The Morgan fingerprint density at radius 2 is 1.88 bits per heavy atom. The Kier molecular flexibility index (Phi) is 5.78. The highest BCUT2D eigenvalue weighted by atomic mass is 16.5. The van der Waals surface area contributed by atoms with E-state index in [1.165, 1.54) is 4.90 Å². The van der Waals surface area contributed by atoms with Crippen molar-refractivity contribution in [2.24, 2.45) is 5.73 Å². The van der Waals surface area contributed by atoms with Crippen LogP contribution in [0.25, 0.3) is 22.4 Å². The van der Waals surface area contributed by atoms with E-state index in [1.807, 2.05) is 48.5 Å². The molecule has 1 aliphatic heterocycles. The zero-order chi connectivity index (χ0) is 23.7. The van der Waals surface area contributed by atoms with E-state index in [0.29, 0.717) is 11.4 Å². The number of hydrogen-bond acceptors (Lipinski definition) is 6. The molecule has 0 saturated heterocycles. The van der Waals surface area contributed by atoms with Crippen LogP contribution in [0.5, 0.6) is 5.88 Å². The molecule has 1 unspecified atom stereocenters. The number of aliphatic hydroxyl groups excluding tert-OH is 1. The van der Waals surface area contributed by atoms with Gasteiger partial charge in [-0.25, -0.2) is 4.98 Å². The van der Waals surface area contributed by atoms with Crippen molar-refractivity contribution in [2.45, 2.75) is 37.3 Å². The van der Waals surface area contributed by atoms with Crippen molar-refractivity contribution in [3.63, 3.8) is 0 Å². The minimum atomic E-state index is -0.883. The molecule has 172 valence electrons. The number of ether oxygens (including phenoxy) is 1. The van der Waals surface area contributed by atoms with Crippen LogP contribution in [0.15, 0.2) is 60.7 Å². The van der Waals surface area contributed by atoms with Crippen LogP contribution in [0.2, 0.25) is 0 Å². The summed E-state index contributed by atoms with van der Waals surface area (Å²) in [5.74, 6) is -0.0731. The van der Waals surface area contributed by atoms with E-state index in [-0.39, 0.29) is 36.9 Å². The van der Waals surface area contributed by atoms with E-state index in [9.17, 15) is 15.2 Å². The smallest absolute Gasteiger partial charge is 0.269 e. The first-order valence-electron chi connectivity index (χ1n) is 11.5. The van der Waals surface area contributed by atoms with Crippen molar-refractivity contribution in [1.82, 2.24) is 4.98 Å². The fraction of sp³-hybridized carbons (Fsp3) is 0.296. The SMILES string of the molecule is N#CCN1C(=O)C(CCO)Oc2nc(-c3ccc(C4(N)CCC4)cc3)c(-c3ccccc3)cc21. The Morgan fingerprint density at radius 3 is 2.50 bits per heavy atom. The normalized spacial score (nSPS) is 18.4. The van der Waals surface area contributed by atoms with Crippen LogP contribution < -0.4 is 15.4 Å². The molecule has 1 atom stereocenters. The van der Waals surface area contributed by atoms with E-state index >= 15 is 0 Å². The van der Waals surface area contributed by atoms with Crippen molar-refractivity contribution in [1.29, 1.82) is 5.26 Å². The third-order valence-electron chi connectivity index (χ3n) is 6.74. The van der Waals surface area contributed by atoms with Crippen LogP contribution in [0, 0.1) is 11.3 Å². The summed E-state index contributed by atoms with van der Waals surface area (Å²) < 4.78 is 5.93. The minimum Gasteiger partial charge on any atom is -0.463 e. The molecule has 2 aromatic carbocycles. The number of nitrogens with zero attached hydrogens (tertiary/aromatic N) is 3. The van der Waals surface area contributed by atoms with Gasteiger partial charge in [0.2, 0.25) is 5.88 Å². The number of rotatable bonds is 6. The Labute approximate surface area is 198 Å². The summed E-state index contributed by atoms with van der Waals surface area (Å²) in [5, 5.41) is 18.7. The number of hydrogen-bond donors (Lipinski definition) is 2. The largest absolute Gasteiger partial charge is 0.463 e. The number of fused-ring (bicyclic) bond motifs is 1. The number of anilines is 1. The van der Waals surface area contributed by atoms with Crippen molar-refractivity contribution in [3.8, 4) is 34.3 Å². The van der Waals surface area contributed by atoms with Gasteiger partial charge >= 0.3 is 0 Å². The molecule has 2 aliphatic rings. The molecule has 3 aromatic rings. The van der Waals surface area contributed by atoms with Gasteiger partial charge < -0.3 is 15.6 Å². The van der Waals surface area contributed by atoms with E-state index in [1.54, 1.807) is 0 Å². The van der Waals surface area contributed by atoms with Crippen LogP contribution in [0.4, 0.5) is 5.69 Å². The molecule has 5 rings (SSSR count). The highest BCUT2D eigenvalue weighted by Crippen LogP contribution is 2.43. The fourth-order valence-electron chi connectivity index (χ4n) is 4.64. The number of nitriles is 1. The second-order valence-corrected chi connectivity index (χ2v) is 8.86. The zero-order valence-corrected chi connectivity index (χ0v) is 18.8. The topological polar surface area (TPSA) is 112 Å². The molecule has 1 aromatic heterocycles. The summed E-state index contributed by atoms with van der Waals surface area (Å²) in [5.41, 5.74) is 11.2. The van der Waals surface area contributed by atoms with Gasteiger partial charge in [-0.1, -0.05) is 54.6 Å². The minimum absolute atomic E-state index is 0.125. The lowest BCUT2D eigenvalue weighted by Gasteiger charge is -2.38. The maximum atomic E-state index is 12.9. The van der Waals surface area contributed by atoms with Crippen LogP contribution in [0.3, 0.4) is 0 Å². The predicted molar refractivity (Wildman–Crippen MR) is 129 cm³/mol. The molecule has 1 fully saturated rings. The Bertz CT molecular complexity index is 1250. The van der Waals surface area contributed by atoms with Crippen LogP contribution in [-0.2, 0) is 10.3 Å². The second-order valence-electron chi connectivity index (χ2n) is 8.86. The van der Waals surface area contributed by atoms with Crippen molar-refractivity contribution in [2.75, 3.05) is 18.1 Å². The molecule has 34 heavy (non-hydrogen) atoms. The average Bonchev–Trinajstić information content (AvgIpc) is 2.85. The van der Waals surface area contributed by atoms with Gasteiger partial charge in [-0.15, -0.1) is 0 Å². The van der Waals surface area contributed by atoms with Crippen molar-refractivity contribution < 1.29 is 14.6 Å². The summed E-state index contributed by atoms with van der Waals surface area (Å²) in [4.78, 5) is 19.2. The molecule has 1 aliphatic carbocycles. The third-order valence-corrected chi connectivity index (χ3v) is 6.74. The molecule has 2 heterocycles. The van der Waals surface area contributed by atoms with Gasteiger partial charge in [0.25, 0.3) is 5.91 Å². The summed E-state index contributed by atoms with van der Waals surface area (Å²) >= 11 is 0. The predicted octanol–water partition coefficient (Wildman–Crippen LogP) is 3.75. The van der Waals surface area contributed by atoms with Gasteiger partial charge in [-0.2, -0.15) is 5.26 Å². The molecule has 0 radical (unpaired) electrons. The first-order chi connectivity index (χ1) is 16.5. The number of pyridine rings is 1. The van der Waals surface area contributed by atoms with Gasteiger partial charge in [-0.3, -0.25) is 9.69 Å².